The average molecular weight is 273 g/mol. The molecule has 1 aromatic carbocycles. The van der Waals surface area contributed by atoms with Gasteiger partial charge in [0.2, 0.25) is 11.8 Å². The zero-order valence-corrected chi connectivity index (χ0v) is 11.3. The highest BCUT2D eigenvalue weighted by Gasteiger charge is 2.23. The van der Waals surface area contributed by atoms with Gasteiger partial charge in [0.1, 0.15) is 6.10 Å². The lowest BCUT2D eigenvalue weighted by molar-refractivity contribution is 0.167. The molecule has 1 N–H and O–H groups in total. The molecule has 1 atom stereocenters. The maximum atomic E-state index is 13.8. The Morgan fingerprint density at radius 2 is 2.20 bits per heavy atom. The van der Waals surface area contributed by atoms with Gasteiger partial charge in [-0.1, -0.05) is 24.3 Å². The number of fused-ring (bicyclic) bond motifs is 1. The Kier molecular flexibility index (Phi) is 3.50. The fraction of sp³-hybridized carbons (Fsp3) is 0.333. The lowest BCUT2D eigenvalue weighted by atomic mass is 9.89. The van der Waals surface area contributed by atoms with Crippen LogP contribution < -0.4 is 10.1 Å². The summed E-state index contributed by atoms with van der Waals surface area (Å²) in [5.41, 5.74) is 2.40. The SMILES string of the molecule is CNc1ncc(F)c(OC2CCCc3ccccc32)n1. The van der Waals surface area contributed by atoms with Gasteiger partial charge in [-0.05, 0) is 30.4 Å². The minimum absolute atomic E-state index is 0.00560. The van der Waals surface area contributed by atoms with Crippen molar-refractivity contribution in [1.82, 2.24) is 9.97 Å². The molecular formula is C15H16FN3O. The Balaban J connectivity index is 1.89. The van der Waals surface area contributed by atoms with Crippen LogP contribution in [0.4, 0.5) is 10.3 Å². The lowest BCUT2D eigenvalue weighted by Gasteiger charge is -2.25. The van der Waals surface area contributed by atoms with Crippen LogP contribution in [0.3, 0.4) is 0 Å². The van der Waals surface area contributed by atoms with E-state index in [0.717, 1.165) is 31.0 Å². The molecule has 1 aromatic heterocycles. The normalized spacial score (nSPS) is 17.4. The molecule has 3 rings (SSSR count). The van der Waals surface area contributed by atoms with Crippen molar-refractivity contribution in [2.24, 2.45) is 0 Å². The van der Waals surface area contributed by atoms with E-state index < -0.39 is 5.82 Å². The molecule has 0 saturated carbocycles. The summed E-state index contributed by atoms with van der Waals surface area (Å²) < 4.78 is 19.5. The number of anilines is 1. The number of aromatic nitrogens is 2. The lowest BCUT2D eigenvalue weighted by Crippen LogP contribution is -2.16. The Morgan fingerprint density at radius 1 is 1.35 bits per heavy atom. The number of hydrogen-bond donors (Lipinski definition) is 1. The van der Waals surface area contributed by atoms with Crippen LogP contribution in [0, 0.1) is 5.82 Å². The zero-order valence-electron chi connectivity index (χ0n) is 11.3. The molecule has 1 aliphatic carbocycles. The highest BCUT2D eigenvalue weighted by atomic mass is 19.1. The summed E-state index contributed by atoms with van der Waals surface area (Å²) in [5, 5.41) is 2.78. The van der Waals surface area contributed by atoms with E-state index in [-0.39, 0.29) is 12.0 Å². The number of ether oxygens (including phenoxy) is 1. The highest BCUT2D eigenvalue weighted by Crippen LogP contribution is 2.33. The molecule has 20 heavy (non-hydrogen) atoms. The van der Waals surface area contributed by atoms with Gasteiger partial charge >= 0.3 is 0 Å². The van der Waals surface area contributed by atoms with E-state index in [4.69, 9.17) is 4.74 Å². The number of nitrogens with zero attached hydrogens (tertiary/aromatic N) is 2. The van der Waals surface area contributed by atoms with Crippen LogP contribution in [-0.4, -0.2) is 17.0 Å². The van der Waals surface area contributed by atoms with Gasteiger partial charge in [-0.3, -0.25) is 0 Å². The number of rotatable bonds is 3. The molecule has 0 fully saturated rings. The fourth-order valence-electron chi connectivity index (χ4n) is 2.52. The first-order valence-electron chi connectivity index (χ1n) is 6.72. The molecule has 104 valence electrons. The van der Waals surface area contributed by atoms with Gasteiger partial charge in [-0.15, -0.1) is 0 Å². The average Bonchev–Trinajstić information content (AvgIpc) is 2.50. The smallest absolute Gasteiger partial charge is 0.255 e. The second-order valence-corrected chi connectivity index (χ2v) is 4.79. The van der Waals surface area contributed by atoms with E-state index >= 15 is 0 Å². The number of nitrogens with one attached hydrogen (secondary N) is 1. The van der Waals surface area contributed by atoms with Crippen LogP contribution in [0.1, 0.15) is 30.1 Å². The maximum Gasteiger partial charge on any atom is 0.255 e. The second-order valence-electron chi connectivity index (χ2n) is 4.79. The molecule has 0 saturated heterocycles. The van der Waals surface area contributed by atoms with E-state index in [1.54, 1.807) is 7.05 Å². The first kappa shape index (κ1) is 12.8. The molecule has 0 bridgehead atoms. The molecule has 4 nitrogen and oxygen atoms in total. The molecule has 1 aliphatic rings. The molecule has 0 radical (unpaired) electrons. The van der Waals surface area contributed by atoms with Crippen LogP contribution in [0.2, 0.25) is 0 Å². The Morgan fingerprint density at radius 3 is 3.05 bits per heavy atom. The topological polar surface area (TPSA) is 47.0 Å². The maximum absolute atomic E-state index is 13.8. The molecule has 2 aromatic rings. The van der Waals surface area contributed by atoms with Gasteiger partial charge in [0.25, 0.3) is 5.88 Å². The van der Waals surface area contributed by atoms with Crippen LogP contribution in [0.15, 0.2) is 30.5 Å². The fourth-order valence-corrected chi connectivity index (χ4v) is 2.52. The van der Waals surface area contributed by atoms with Crippen molar-refractivity contribution < 1.29 is 9.13 Å². The Bertz CT molecular complexity index is 618. The Hall–Kier alpha value is -2.17. The standard InChI is InChI=1S/C15H16FN3O/c1-17-15-18-9-12(16)14(19-15)20-13-8-4-6-10-5-2-3-7-11(10)13/h2-3,5,7,9,13H,4,6,8H2,1H3,(H,17,18,19). The summed E-state index contributed by atoms with van der Waals surface area (Å²) in [5.74, 6) is -0.177. The van der Waals surface area contributed by atoms with Gasteiger partial charge in [0.15, 0.2) is 0 Å². The van der Waals surface area contributed by atoms with E-state index in [1.807, 2.05) is 18.2 Å². The first-order chi connectivity index (χ1) is 9.78. The van der Waals surface area contributed by atoms with Crippen molar-refractivity contribution in [1.29, 1.82) is 0 Å². The molecule has 1 heterocycles. The van der Waals surface area contributed by atoms with Crippen molar-refractivity contribution in [3.63, 3.8) is 0 Å². The molecule has 0 amide bonds. The largest absolute Gasteiger partial charge is 0.467 e. The minimum atomic E-state index is -0.535. The quantitative estimate of drug-likeness (QED) is 0.933. The third kappa shape index (κ3) is 2.43. The van der Waals surface area contributed by atoms with Gasteiger partial charge in [-0.25, -0.2) is 4.98 Å². The summed E-state index contributed by atoms with van der Waals surface area (Å²) >= 11 is 0. The monoisotopic (exact) mass is 273 g/mol. The van der Waals surface area contributed by atoms with Crippen molar-refractivity contribution in [2.75, 3.05) is 12.4 Å². The first-order valence-corrected chi connectivity index (χ1v) is 6.72. The number of benzene rings is 1. The number of aryl methyl sites for hydroxylation is 1. The van der Waals surface area contributed by atoms with Crippen molar-refractivity contribution in [3.05, 3.63) is 47.4 Å². The summed E-state index contributed by atoms with van der Waals surface area (Å²) in [6.07, 6.45) is 3.93. The summed E-state index contributed by atoms with van der Waals surface area (Å²) in [6, 6.07) is 8.14. The van der Waals surface area contributed by atoms with E-state index in [9.17, 15) is 4.39 Å². The molecule has 5 heteroatoms. The summed E-state index contributed by atoms with van der Waals surface area (Å²) in [7, 11) is 1.69. The van der Waals surface area contributed by atoms with Gasteiger partial charge in [-0.2, -0.15) is 9.37 Å². The van der Waals surface area contributed by atoms with E-state index in [0.29, 0.717) is 5.95 Å². The number of hydrogen-bond acceptors (Lipinski definition) is 4. The zero-order chi connectivity index (χ0) is 13.9. The third-order valence-corrected chi connectivity index (χ3v) is 3.50. The van der Waals surface area contributed by atoms with Gasteiger partial charge < -0.3 is 10.1 Å². The summed E-state index contributed by atoms with van der Waals surface area (Å²) in [6.45, 7) is 0. The van der Waals surface area contributed by atoms with Crippen LogP contribution in [-0.2, 0) is 6.42 Å². The van der Waals surface area contributed by atoms with Gasteiger partial charge in [0.05, 0.1) is 6.20 Å². The van der Waals surface area contributed by atoms with E-state index in [2.05, 4.69) is 21.4 Å². The third-order valence-electron chi connectivity index (χ3n) is 3.50. The predicted molar refractivity (Wildman–Crippen MR) is 74.3 cm³/mol. The van der Waals surface area contributed by atoms with Crippen molar-refractivity contribution in [3.8, 4) is 5.88 Å². The molecular weight excluding hydrogens is 257 g/mol. The van der Waals surface area contributed by atoms with Crippen molar-refractivity contribution >= 4 is 5.95 Å². The molecule has 1 unspecified atom stereocenters. The van der Waals surface area contributed by atoms with Crippen LogP contribution >= 0.6 is 0 Å². The Labute approximate surface area is 117 Å². The minimum Gasteiger partial charge on any atom is -0.467 e. The highest BCUT2D eigenvalue weighted by molar-refractivity contribution is 5.33. The molecule has 0 spiro atoms. The number of halogens is 1. The van der Waals surface area contributed by atoms with E-state index in [1.165, 1.54) is 5.56 Å². The van der Waals surface area contributed by atoms with Crippen LogP contribution in [0.25, 0.3) is 0 Å². The predicted octanol–water partition coefficient (Wildman–Crippen LogP) is 3.11. The van der Waals surface area contributed by atoms with Crippen LogP contribution in [0.5, 0.6) is 5.88 Å². The van der Waals surface area contributed by atoms with Crippen molar-refractivity contribution in [2.45, 2.75) is 25.4 Å². The second kappa shape index (κ2) is 5.45. The van der Waals surface area contributed by atoms with Gasteiger partial charge in [0, 0.05) is 7.05 Å². The molecule has 0 aliphatic heterocycles. The summed E-state index contributed by atoms with van der Waals surface area (Å²) in [4.78, 5) is 7.86.